The number of aromatic hydroxyl groups is 1. The summed E-state index contributed by atoms with van der Waals surface area (Å²) < 4.78 is 6.26. The zero-order chi connectivity index (χ0) is 17.2. The molecule has 0 radical (unpaired) electrons. The number of aliphatic hydroxyl groups is 1. The van der Waals surface area contributed by atoms with Gasteiger partial charge in [-0.25, -0.2) is 4.79 Å². The molecule has 6 heteroatoms. The highest BCUT2D eigenvalue weighted by Gasteiger charge is 2.39. The molecule has 1 aromatic rings. The molecule has 1 aromatic carbocycles. The number of nitrogens with zero attached hydrogens (tertiary/aromatic N) is 1. The molecule has 2 rings (SSSR count). The molecule has 1 heterocycles. The van der Waals surface area contributed by atoms with Gasteiger partial charge in [0.1, 0.15) is 11.4 Å². The van der Waals surface area contributed by atoms with Crippen molar-refractivity contribution < 1.29 is 19.7 Å². The Bertz CT molecular complexity index is 550. The van der Waals surface area contributed by atoms with Gasteiger partial charge in [0.2, 0.25) is 0 Å². The zero-order valence-corrected chi connectivity index (χ0v) is 15.3. The third kappa shape index (κ3) is 4.38. The monoisotopic (exact) mass is 385 g/mol. The molecule has 1 amide bonds. The van der Waals surface area contributed by atoms with Crippen molar-refractivity contribution in [1.82, 2.24) is 4.90 Å². The highest BCUT2D eigenvalue weighted by atomic mass is 79.9. The van der Waals surface area contributed by atoms with Crippen LogP contribution < -0.4 is 0 Å². The lowest BCUT2D eigenvalue weighted by Gasteiger charge is -2.24. The van der Waals surface area contributed by atoms with Gasteiger partial charge in [0, 0.05) is 35.7 Å². The summed E-state index contributed by atoms with van der Waals surface area (Å²) in [6.45, 7) is 6.54. The summed E-state index contributed by atoms with van der Waals surface area (Å²) in [5.74, 6) is 0.251. The average molecular weight is 386 g/mol. The van der Waals surface area contributed by atoms with Gasteiger partial charge in [-0.2, -0.15) is 0 Å². The number of phenolic OH excluding ortho intramolecular Hbond substituents is 1. The number of phenols is 1. The van der Waals surface area contributed by atoms with E-state index in [9.17, 15) is 15.0 Å². The molecule has 0 bridgehead atoms. The number of carbonyl (C=O) groups excluding carboxylic acids is 1. The van der Waals surface area contributed by atoms with Crippen molar-refractivity contribution in [3.05, 3.63) is 28.2 Å². The van der Waals surface area contributed by atoms with Gasteiger partial charge >= 0.3 is 6.09 Å². The van der Waals surface area contributed by atoms with Gasteiger partial charge in [-0.05, 0) is 45.2 Å². The van der Waals surface area contributed by atoms with Crippen LogP contribution in [0, 0.1) is 5.92 Å². The van der Waals surface area contributed by atoms with Crippen LogP contribution in [-0.4, -0.2) is 46.5 Å². The van der Waals surface area contributed by atoms with E-state index in [-0.39, 0.29) is 30.3 Å². The normalized spacial score (nSPS) is 21.5. The minimum atomic E-state index is -0.545. The van der Waals surface area contributed by atoms with Crippen molar-refractivity contribution in [2.75, 3.05) is 19.7 Å². The number of hydrogen-bond acceptors (Lipinski definition) is 4. The quantitative estimate of drug-likeness (QED) is 0.835. The van der Waals surface area contributed by atoms with Crippen molar-refractivity contribution >= 4 is 22.0 Å². The van der Waals surface area contributed by atoms with Crippen molar-refractivity contribution in [2.24, 2.45) is 5.92 Å². The Balaban J connectivity index is 2.23. The van der Waals surface area contributed by atoms with Gasteiger partial charge in [-0.1, -0.05) is 22.0 Å². The Morgan fingerprint density at radius 1 is 1.39 bits per heavy atom. The number of rotatable bonds is 3. The van der Waals surface area contributed by atoms with Crippen LogP contribution in [0.15, 0.2) is 22.7 Å². The SMILES string of the molecule is CC(C)(C)OC(=O)N1C[C@@H](CCO)[C@H](c2c(O)cccc2Br)C1. The zero-order valence-electron chi connectivity index (χ0n) is 13.8. The molecule has 2 atom stereocenters. The summed E-state index contributed by atoms with van der Waals surface area (Å²) in [5, 5.41) is 19.6. The molecule has 0 aliphatic carbocycles. The van der Waals surface area contributed by atoms with Crippen LogP contribution in [0.2, 0.25) is 0 Å². The first kappa shape index (κ1) is 18.1. The van der Waals surface area contributed by atoms with Gasteiger partial charge in [-0.3, -0.25) is 0 Å². The van der Waals surface area contributed by atoms with E-state index in [2.05, 4.69) is 15.9 Å². The fourth-order valence-corrected chi connectivity index (χ4v) is 3.67. The molecular weight excluding hydrogens is 362 g/mol. The van der Waals surface area contributed by atoms with E-state index in [4.69, 9.17) is 4.74 Å². The fraction of sp³-hybridized carbons (Fsp3) is 0.588. The van der Waals surface area contributed by atoms with Crippen LogP contribution in [-0.2, 0) is 4.74 Å². The lowest BCUT2D eigenvalue weighted by molar-refractivity contribution is 0.0284. The van der Waals surface area contributed by atoms with E-state index in [1.165, 1.54) is 0 Å². The maximum absolute atomic E-state index is 12.3. The summed E-state index contributed by atoms with van der Waals surface area (Å²) in [7, 11) is 0. The predicted octanol–water partition coefficient (Wildman–Crippen LogP) is 3.49. The Morgan fingerprint density at radius 3 is 2.65 bits per heavy atom. The van der Waals surface area contributed by atoms with E-state index in [0.29, 0.717) is 19.5 Å². The molecule has 0 unspecified atom stereocenters. The molecule has 0 spiro atoms. The van der Waals surface area contributed by atoms with E-state index in [1.807, 2.05) is 26.8 Å². The van der Waals surface area contributed by atoms with E-state index in [0.717, 1.165) is 10.0 Å². The van der Waals surface area contributed by atoms with Gasteiger partial charge in [-0.15, -0.1) is 0 Å². The first-order chi connectivity index (χ1) is 10.7. The number of aliphatic hydroxyl groups excluding tert-OH is 1. The van der Waals surface area contributed by atoms with E-state index < -0.39 is 5.60 Å². The molecule has 2 N–H and O–H groups in total. The molecule has 23 heavy (non-hydrogen) atoms. The second-order valence-corrected chi connectivity index (χ2v) is 7.79. The first-order valence-electron chi connectivity index (χ1n) is 7.79. The van der Waals surface area contributed by atoms with Crippen LogP contribution in [0.3, 0.4) is 0 Å². The largest absolute Gasteiger partial charge is 0.508 e. The molecule has 1 fully saturated rings. The minimum Gasteiger partial charge on any atom is -0.508 e. The number of amides is 1. The smallest absolute Gasteiger partial charge is 0.410 e. The van der Waals surface area contributed by atoms with Crippen LogP contribution in [0.4, 0.5) is 4.79 Å². The second kappa shape index (κ2) is 7.09. The van der Waals surface area contributed by atoms with Crippen LogP contribution >= 0.6 is 15.9 Å². The van der Waals surface area contributed by atoms with Crippen LogP contribution in [0.25, 0.3) is 0 Å². The van der Waals surface area contributed by atoms with Crippen molar-refractivity contribution in [2.45, 2.75) is 38.7 Å². The lowest BCUT2D eigenvalue weighted by Crippen LogP contribution is -2.35. The Morgan fingerprint density at radius 2 is 2.09 bits per heavy atom. The molecule has 5 nitrogen and oxygen atoms in total. The number of hydrogen-bond donors (Lipinski definition) is 2. The highest BCUT2D eigenvalue weighted by molar-refractivity contribution is 9.10. The summed E-state index contributed by atoms with van der Waals surface area (Å²) >= 11 is 3.48. The topological polar surface area (TPSA) is 70.0 Å². The fourth-order valence-electron chi connectivity index (χ4n) is 3.02. The lowest BCUT2D eigenvalue weighted by atomic mass is 9.86. The minimum absolute atomic E-state index is 0.0368. The van der Waals surface area contributed by atoms with E-state index in [1.54, 1.807) is 17.0 Å². The standard InChI is InChI=1S/C17H24BrNO4/c1-17(2,3)23-16(22)19-9-11(7-8-20)12(10-19)15-13(18)5-4-6-14(15)21/h4-6,11-12,20-21H,7-10H2,1-3H3/t11-,12-/m1/s1. The molecule has 0 aromatic heterocycles. The second-order valence-electron chi connectivity index (χ2n) is 6.94. The number of benzene rings is 1. The molecule has 1 aliphatic heterocycles. The summed E-state index contributed by atoms with van der Waals surface area (Å²) in [4.78, 5) is 14.0. The Hall–Kier alpha value is -1.27. The molecule has 128 valence electrons. The Labute approximate surface area is 145 Å². The molecule has 1 aliphatic rings. The summed E-state index contributed by atoms with van der Waals surface area (Å²) in [5.41, 5.74) is 0.244. The van der Waals surface area contributed by atoms with Crippen molar-refractivity contribution in [1.29, 1.82) is 0 Å². The number of ether oxygens (including phenoxy) is 1. The molecule has 1 saturated heterocycles. The number of likely N-dealkylation sites (tertiary alicyclic amines) is 1. The Kier molecular flexibility index (Phi) is 5.57. The molecule has 0 saturated carbocycles. The average Bonchev–Trinajstić information content (AvgIpc) is 2.81. The van der Waals surface area contributed by atoms with Gasteiger partial charge in [0.05, 0.1) is 0 Å². The summed E-state index contributed by atoms with van der Waals surface area (Å²) in [6.07, 6.45) is 0.222. The first-order valence-corrected chi connectivity index (χ1v) is 8.58. The summed E-state index contributed by atoms with van der Waals surface area (Å²) in [6, 6.07) is 5.29. The van der Waals surface area contributed by atoms with Gasteiger partial charge in [0.15, 0.2) is 0 Å². The third-order valence-corrected chi connectivity index (χ3v) is 4.68. The third-order valence-electron chi connectivity index (χ3n) is 3.99. The van der Waals surface area contributed by atoms with Crippen molar-refractivity contribution in [3.8, 4) is 5.75 Å². The number of carbonyl (C=O) groups is 1. The van der Waals surface area contributed by atoms with Gasteiger partial charge in [0.25, 0.3) is 0 Å². The number of halogens is 1. The van der Waals surface area contributed by atoms with E-state index >= 15 is 0 Å². The predicted molar refractivity (Wildman–Crippen MR) is 91.5 cm³/mol. The van der Waals surface area contributed by atoms with Crippen LogP contribution in [0.1, 0.15) is 38.7 Å². The maximum Gasteiger partial charge on any atom is 0.410 e. The molecular formula is C17H24BrNO4. The van der Waals surface area contributed by atoms with Gasteiger partial charge < -0.3 is 19.8 Å². The van der Waals surface area contributed by atoms with Crippen molar-refractivity contribution in [3.63, 3.8) is 0 Å². The van der Waals surface area contributed by atoms with Crippen LogP contribution in [0.5, 0.6) is 5.75 Å². The highest BCUT2D eigenvalue weighted by Crippen LogP contribution is 2.42. The maximum atomic E-state index is 12.3.